The first kappa shape index (κ1) is 7.39. The van der Waals surface area contributed by atoms with Gasteiger partial charge in [-0.15, -0.1) is 6.42 Å². The molecule has 0 aromatic carbocycles. The van der Waals surface area contributed by atoms with E-state index in [2.05, 4.69) is 21.9 Å². The number of hydrogen-bond donors (Lipinski definition) is 1. The van der Waals surface area contributed by atoms with Gasteiger partial charge in [0.05, 0.1) is 0 Å². The van der Waals surface area contributed by atoms with Gasteiger partial charge >= 0.3 is 0 Å². The number of rotatable bonds is 1. The monoisotopic (exact) mass is 199 g/mol. The molecule has 1 aromatic heterocycles. The highest BCUT2D eigenvalue weighted by atomic mass is 79.9. The minimum Gasteiger partial charge on any atom is -0.452 e. The molecule has 1 rings (SSSR count). The van der Waals surface area contributed by atoms with Crippen molar-refractivity contribution in [1.29, 1.82) is 0 Å². The van der Waals surface area contributed by atoms with Gasteiger partial charge in [-0.25, -0.2) is 0 Å². The van der Waals surface area contributed by atoms with E-state index in [1.807, 2.05) is 0 Å². The summed E-state index contributed by atoms with van der Waals surface area (Å²) in [6.07, 6.45) is 5.06. The molecule has 1 atom stereocenters. The molecule has 1 unspecified atom stereocenters. The summed E-state index contributed by atoms with van der Waals surface area (Å²) in [5, 5.41) is 0. The van der Waals surface area contributed by atoms with E-state index in [-0.39, 0.29) is 0 Å². The van der Waals surface area contributed by atoms with E-state index in [4.69, 9.17) is 16.6 Å². The van der Waals surface area contributed by atoms with Gasteiger partial charge in [-0.1, -0.05) is 5.92 Å². The predicted octanol–water partition coefficient (Wildman–Crippen LogP) is 1.68. The van der Waals surface area contributed by atoms with E-state index in [9.17, 15) is 0 Å². The van der Waals surface area contributed by atoms with Crippen LogP contribution < -0.4 is 5.73 Å². The molecular formula is C7H6BrNO. The molecule has 1 aromatic rings. The number of terminal acetylenes is 1. The Morgan fingerprint density at radius 2 is 2.40 bits per heavy atom. The van der Waals surface area contributed by atoms with Crippen molar-refractivity contribution in [2.24, 2.45) is 5.73 Å². The van der Waals surface area contributed by atoms with Crippen LogP contribution in [0.3, 0.4) is 0 Å². The molecule has 0 saturated heterocycles. The van der Waals surface area contributed by atoms with Crippen LogP contribution in [0.15, 0.2) is 21.2 Å². The highest BCUT2D eigenvalue weighted by Gasteiger charge is 2.05. The summed E-state index contributed by atoms with van der Waals surface area (Å²) in [7, 11) is 0. The highest BCUT2D eigenvalue weighted by molar-refractivity contribution is 9.10. The summed E-state index contributed by atoms with van der Waals surface area (Å²) < 4.78 is 5.73. The fourth-order valence-electron chi connectivity index (χ4n) is 0.578. The molecule has 10 heavy (non-hydrogen) atoms. The Morgan fingerprint density at radius 1 is 1.70 bits per heavy atom. The van der Waals surface area contributed by atoms with Gasteiger partial charge in [0.15, 0.2) is 4.67 Å². The first-order valence-corrected chi connectivity index (χ1v) is 3.50. The molecule has 0 aliphatic rings. The third-order valence-electron chi connectivity index (χ3n) is 1.08. The first-order chi connectivity index (χ1) is 4.74. The average molecular weight is 200 g/mol. The summed E-state index contributed by atoms with van der Waals surface area (Å²) in [6, 6.07) is 3.06. The Bertz CT molecular complexity index is 261. The molecule has 2 N–H and O–H groups in total. The molecule has 52 valence electrons. The summed E-state index contributed by atoms with van der Waals surface area (Å²) in [5.41, 5.74) is 5.46. The van der Waals surface area contributed by atoms with Crippen molar-refractivity contribution in [3.8, 4) is 12.3 Å². The van der Waals surface area contributed by atoms with E-state index in [1.165, 1.54) is 0 Å². The quantitative estimate of drug-likeness (QED) is 0.700. The van der Waals surface area contributed by atoms with Gasteiger partial charge in [0.25, 0.3) is 0 Å². The lowest BCUT2D eigenvalue weighted by Crippen LogP contribution is -2.05. The Morgan fingerprint density at radius 3 is 2.80 bits per heavy atom. The molecule has 1 heterocycles. The van der Waals surface area contributed by atoms with E-state index < -0.39 is 6.04 Å². The predicted molar refractivity (Wildman–Crippen MR) is 42.2 cm³/mol. The minimum absolute atomic E-state index is 0.439. The lowest BCUT2D eigenvalue weighted by molar-refractivity contribution is 0.477. The SMILES string of the molecule is C#CC(N)c1ccc(Br)o1. The van der Waals surface area contributed by atoms with E-state index >= 15 is 0 Å². The average Bonchev–Trinajstić information content (AvgIpc) is 2.34. The van der Waals surface area contributed by atoms with Gasteiger partial charge in [-0.3, -0.25) is 0 Å². The van der Waals surface area contributed by atoms with Crippen molar-refractivity contribution in [1.82, 2.24) is 0 Å². The Kier molecular flexibility index (Phi) is 2.15. The van der Waals surface area contributed by atoms with Crippen LogP contribution in [0.4, 0.5) is 0 Å². The second-order valence-electron chi connectivity index (χ2n) is 1.79. The Labute approximate surface area is 67.5 Å². The van der Waals surface area contributed by atoms with Gasteiger partial charge in [-0.05, 0) is 28.1 Å². The number of furan rings is 1. The summed E-state index contributed by atoms with van der Waals surface area (Å²) in [5.74, 6) is 2.96. The van der Waals surface area contributed by atoms with Crippen molar-refractivity contribution in [2.75, 3.05) is 0 Å². The molecular weight excluding hydrogens is 194 g/mol. The Hall–Kier alpha value is -0.720. The number of nitrogens with two attached hydrogens (primary N) is 1. The zero-order valence-electron chi connectivity index (χ0n) is 5.17. The van der Waals surface area contributed by atoms with Crippen LogP contribution >= 0.6 is 15.9 Å². The lowest BCUT2D eigenvalue weighted by Gasteiger charge is -1.95. The maximum atomic E-state index is 5.46. The molecule has 0 bridgehead atoms. The van der Waals surface area contributed by atoms with Gasteiger partial charge in [0, 0.05) is 0 Å². The molecule has 0 amide bonds. The van der Waals surface area contributed by atoms with Crippen LogP contribution in [-0.2, 0) is 0 Å². The number of hydrogen-bond acceptors (Lipinski definition) is 2. The standard InChI is InChI=1S/C7H6BrNO/c1-2-5(9)6-3-4-7(8)10-6/h1,3-5H,9H2. The largest absolute Gasteiger partial charge is 0.452 e. The van der Waals surface area contributed by atoms with Gasteiger partial charge in [0.2, 0.25) is 0 Å². The van der Waals surface area contributed by atoms with Gasteiger partial charge < -0.3 is 10.2 Å². The topological polar surface area (TPSA) is 39.2 Å². The second kappa shape index (κ2) is 2.91. The van der Waals surface area contributed by atoms with E-state index in [0.29, 0.717) is 10.4 Å². The van der Waals surface area contributed by atoms with Crippen molar-refractivity contribution >= 4 is 15.9 Å². The third kappa shape index (κ3) is 1.41. The molecule has 0 aliphatic carbocycles. The summed E-state index contributed by atoms with van der Waals surface area (Å²) in [4.78, 5) is 0. The molecule has 2 nitrogen and oxygen atoms in total. The lowest BCUT2D eigenvalue weighted by atomic mass is 10.2. The molecule has 0 radical (unpaired) electrons. The fourth-order valence-corrected chi connectivity index (χ4v) is 0.897. The minimum atomic E-state index is -0.439. The van der Waals surface area contributed by atoms with Crippen molar-refractivity contribution in [3.63, 3.8) is 0 Å². The van der Waals surface area contributed by atoms with Crippen LogP contribution in [0.5, 0.6) is 0 Å². The van der Waals surface area contributed by atoms with Gasteiger partial charge in [-0.2, -0.15) is 0 Å². The van der Waals surface area contributed by atoms with E-state index in [1.54, 1.807) is 12.1 Å². The maximum absolute atomic E-state index is 5.46. The number of halogens is 1. The molecule has 0 fully saturated rings. The van der Waals surface area contributed by atoms with Crippen LogP contribution in [0.2, 0.25) is 0 Å². The zero-order valence-corrected chi connectivity index (χ0v) is 6.76. The van der Waals surface area contributed by atoms with Crippen molar-refractivity contribution < 1.29 is 4.42 Å². The summed E-state index contributed by atoms with van der Waals surface area (Å²) in [6.45, 7) is 0. The van der Waals surface area contributed by atoms with Crippen LogP contribution in [0.1, 0.15) is 11.8 Å². The van der Waals surface area contributed by atoms with E-state index in [0.717, 1.165) is 0 Å². The highest BCUT2D eigenvalue weighted by Crippen LogP contribution is 2.17. The zero-order chi connectivity index (χ0) is 7.56. The normalized spacial score (nSPS) is 12.5. The molecule has 0 aliphatic heterocycles. The molecule has 0 spiro atoms. The molecule has 0 saturated carbocycles. The summed E-state index contributed by atoms with van der Waals surface area (Å²) >= 11 is 3.14. The van der Waals surface area contributed by atoms with Gasteiger partial charge in [0.1, 0.15) is 11.8 Å². The second-order valence-corrected chi connectivity index (χ2v) is 2.57. The molecule has 3 heteroatoms. The van der Waals surface area contributed by atoms with Crippen LogP contribution in [-0.4, -0.2) is 0 Å². The fraction of sp³-hybridized carbons (Fsp3) is 0.143. The van der Waals surface area contributed by atoms with Crippen LogP contribution in [0, 0.1) is 12.3 Å². The van der Waals surface area contributed by atoms with Crippen molar-refractivity contribution in [2.45, 2.75) is 6.04 Å². The maximum Gasteiger partial charge on any atom is 0.169 e. The Balaban J connectivity index is 2.87. The third-order valence-corrected chi connectivity index (χ3v) is 1.51. The van der Waals surface area contributed by atoms with Crippen molar-refractivity contribution in [3.05, 3.63) is 22.6 Å². The first-order valence-electron chi connectivity index (χ1n) is 2.71. The van der Waals surface area contributed by atoms with Crippen LogP contribution in [0.25, 0.3) is 0 Å². The smallest absolute Gasteiger partial charge is 0.169 e.